The van der Waals surface area contributed by atoms with E-state index in [0.717, 1.165) is 18.4 Å². The predicted octanol–water partition coefficient (Wildman–Crippen LogP) is 6.75. The maximum atomic E-state index is 13.4. The molecule has 4 nitrogen and oxygen atoms in total. The second-order valence-electron chi connectivity index (χ2n) is 7.90. The Morgan fingerprint density at radius 1 is 1.12 bits per heavy atom. The molecule has 32 heavy (non-hydrogen) atoms. The van der Waals surface area contributed by atoms with Crippen LogP contribution in [0.5, 0.6) is 0 Å². The van der Waals surface area contributed by atoms with Crippen LogP contribution in [0.4, 0.5) is 20.2 Å². The number of nitrogens with zero attached hydrogens (tertiary/aromatic N) is 1. The van der Waals surface area contributed by atoms with Gasteiger partial charge in [-0.15, -0.1) is 0 Å². The van der Waals surface area contributed by atoms with Crippen molar-refractivity contribution < 1.29 is 13.6 Å². The summed E-state index contributed by atoms with van der Waals surface area (Å²) in [5.41, 5.74) is 3.27. The minimum Gasteiger partial charge on any atom is -0.353 e. The average Bonchev–Trinajstić information content (AvgIpc) is 2.79. The normalized spacial score (nSPS) is 14.4. The number of hydrogen-bond acceptors (Lipinski definition) is 3. The van der Waals surface area contributed by atoms with Crippen molar-refractivity contribution in [3.63, 3.8) is 0 Å². The van der Waals surface area contributed by atoms with E-state index in [0.29, 0.717) is 46.1 Å². The van der Waals surface area contributed by atoms with Crippen LogP contribution < -0.4 is 5.32 Å². The molecule has 2 heterocycles. The van der Waals surface area contributed by atoms with Gasteiger partial charge in [-0.1, -0.05) is 36.0 Å². The van der Waals surface area contributed by atoms with Gasteiger partial charge in [-0.05, 0) is 61.6 Å². The molecule has 0 unspecified atom stereocenters. The number of aromatic amines is 1. The summed E-state index contributed by atoms with van der Waals surface area (Å²) < 4.78 is 27.2. The molecule has 0 radical (unpaired) electrons. The molecule has 1 saturated heterocycles. The molecule has 0 spiro atoms. The third-order valence-electron chi connectivity index (χ3n) is 5.88. The van der Waals surface area contributed by atoms with E-state index < -0.39 is 5.82 Å². The lowest BCUT2D eigenvalue weighted by molar-refractivity contribution is 0.0713. The summed E-state index contributed by atoms with van der Waals surface area (Å²) in [4.78, 5) is 18.2. The van der Waals surface area contributed by atoms with Crippen LogP contribution in [-0.4, -0.2) is 28.9 Å². The molecule has 2 aromatic carbocycles. The average molecular weight is 474 g/mol. The molecule has 166 valence electrons. The number of anilines is 2. The fourth-order valence-corrected chi connectivity index (χ4v) is 4.39. The number of aromatic nitrogens is 1. The van der Waals surface area contributed by atoms with E-state index >= 15 is 0 Å². The number of piperidine rings is 1. The van der Waals surface area contributed by atoms with E-state index in [2.05, 4.69) is 10.3 Å². The van der Waals surface area contributed by atoms with Crippen LogP contribution in [0.3, 0.4) is 0 Å². The molecule has 1 aliphatic rings. The number of benzene rings is 2. The number of nitrogens with one attached hydrogen (secondary N) is 2. The van der Waals surface area contributed by atoms with Crippen LogP contribution >= 0.6 is 23.8 Å². The van der Waals surface area contributed by atoms with Crippen molar-refractivity contribution in [1.29, 1.82) is 0 Å². The highest BCUT2D eigenvalue weighted by Crippen LogP contribution is 2.33. The highest BCUT2D eigenvalue weighted by molar-refractivity contribution is 7.71. The Hall–Kier alpha value is -2.77. The second kappa shape index (κ2) is 9.38. The molecule has 3 aromatic rings. The van der Waals surface area contributed by atoms with E-state index in [9.17, 15) is 13.6 Å². The number of H-pyrrole nitrogens is 1. The summed E-state index contributed by atoms with van der Waals surface area (Å²) in [6, 6.07) is 10.6. The lowest BCUT2D eigenvalue weighted by atomic mass is 9.89. The molecule has 1 aliphatic heterocycles. The lowest BCUT2D eigenvalue weighted by Gasteiger charge is -2.33. The van der Waals surface area contributed by atoms with Crippen LogP contribution in [0, 0.1) is 23.2 Å². The maximum Gasteiger partial charge on any atom is 0.257 e. The molecule has 1 amide bonds. The van der Waals surface area contributed by atoms with Crippen LogP contribution in [0.2, 0.25) is 5.02 Å². The summed E-state index contributed by atoms with van der Waals surface area (Å²) in [6.45, 7) is 2.99. The summed E-state index contributed by atoms with van der Waals surface area (Å²) in [5.74, 6) is -0.529. The first kappa shape index (κ1) is 22.4. The molecule has 0 aliphatic carbocycles. The number of halogens is 3. The van der Waals surface area contributed by atoms with Gasteiger partial charge < -0.3 is 15.2 Å². The maximum absolute atomic E-state index is 13.4. The molecule has 4 rings (SSSR count). The number of carbonyl (C=O) groups is 1. The first-order valence-corrected chi connectivity index (χ1v) is 11.1. The van der Waals surface area contributed by atoms with Gasteiger partial charge in [0.1, 0.15) is 16.3 Å². The Labute approximate surface area is 195 Å². The van der Waals surface area contributed by atoms with E-state index in [1.54, 1.807) is 6.20 Å². The van der Waals surface area contributed by atoms with Crippen molar-refractivity contribution in [2.75, 3.05) is 18.4 Å². The van der Waals surface area contributed by atoms with Crippen molar-refractivity contribution >= 4 is 41.1 Å². The van der Waals surface area contributed by atoms with E-state index in [1.807, 2.05) is 24.0 Å². The van der Waals surface area contributed by atoms with Crippen LogP contribution in [0.1, 0.15) is 40.2 Å². The molecular weight excluding hydrogens is 452 g/mol. The molecule has 8 heteroatoms. The Morgan fingerprint density at radius 3 is 2.44 bits per heavy atom. The molecule has 2 N–H and O–H groups in total. The Morgan fingerprint density at radius 2 is 1.78 bits per heavy atom. The Kier molecular flexibility index (Phi) is 6.58. The number of pyridine rings is 1. The number of rotatable bonds is 4. The fraction of sp³-hybridized carbons (Fsp3) is 0.250. The summed E-state index contributed by atoms with van der Waals surface area (Å²) in [5, 5.41) is 3.38. The van der Waals surface area contributed by atoms with Gasteiger partial charge in [-0.3, -0.25) is 4.79 Å². The van der Waals surface area contributed by atoms with Crippen molar-refractivity contribution in [3.05, 3.63) is 86.6 Å². The first-order chi connectivity index (χ1) is 15.3. The van der Waals surface area contributed by atoms with Crippen LogP contribution in [-0.2, 0) is 0 Å². The van der Waals surface area contributed by atoms with Crippen molar-refractivity contribution in [3.8, 4) is 0 Å². The summed E-state index contributed by atoms with van der Waals surface area (Å²) in [7, 11) is 0. The standard InChI is InChI=1S/C24H22ClF2N3OS/c1-14-22(29-21-7-6-18(27)12-20(21)25)19(13-28-23(14)32)24(31)30-10-8-16(9-11-30)15-2-4-17(26)5-3-15/h2-7,12-13,16H,8-11H2,1H3,(H2,28,29,32). The van der Waals surface area contributed by atoms with Crippen LogP contribution in [0.25, 0.3) is 0 Å². The van der Waals surface area contributed by atoms with E-state index in [4.69, 9.17) is 23.8 Å². The van der Waals surface area contributed by atoms with Crippen molar-refractivity contribution in [1.82, 2.24) is 9.88 Å². The van der Waals surface area contributed by atoms with Gasteiger partial charge in [0.15, 0.2) is 0 Å². The minimum absolute atomic E-state index is 0.127. The van der Waals surface area contributed by atoms with Gasteiger partial charge in [0.2, 0.25) is 0 Å². The second-order valence-corrected chi connectivity index (χ2v) is 8.71. The predicted molar refractivity (Wildman–Crippen MR) is 125 cm³/mol. The highest BCUT2D eigenvalue weighted by Gasteiger charge is 2.27. The largest absolute Gasteiger partial charge is 0.353 e. The lowest BCUT2D eigenvalue weighted by Crippen LogP contribution is -2.38. The summed E-state index contributed by atoms with van der Waals surface area (Å²) in [6.07, 6.45) is 3.20. The zero-order chi connectivity index (χ0) is 22.8. The number of amides is 1. The zero-order valence-corrected chi connectivity index (χ0v) is 19.0. The molecule has 0 bridgehead atoms. The van der Waals surface area contributed by atoms with Gasteiger partial charge in [-0.25, -0.2) is 8.78 Å². The van der Waals surface area contributed by atoms with Crippen molar-refractivity contribution in [2.45, 2.75) is 25.7 Å². The minimum atomic E-state index is -0.442. The zero-order valence-electron chi connectivity index (χ0n) is 17.4. The molecule has 1 fully saturated rings. The highest BCUT2D eigenvalue weighted by atomic mass is 35.5. The molecular formula is C24H22ClF2N3OS. The van der Waals surface area contributed by atoms with Gasteiger partial charge >= 0.3 is 0 Å². The number of hydrogen-bond donors (Lipinski definition) is 2. The summed E-state index contributed by atoms with van der Waals surface area (Å²) >= 11 is 11.5. The van der Waals surface area contributed by atoms with Gasteiger partial charge in [0.05, 0.1) is 22.0 Å². The van der Waals surface area contributed by atoms with Gasteiger partial charge in [0.25, 0.3) is 5.91 Å². The smallest absolute Gasteiger partial charge is 0.257 e. The quantitative estimate of drug-likeness (QED) is 0.412. The molecule has 0 atom stereocenters. The van der Waals surface area contributed by atoms with E-state index in [1.165, 1.54) is 30.3 Å². The van der Waals surface area contributed by atoms with Gasteiger partial charge in [-0.2, -0.15) is 0 Å². The Balaban J connectivity index is 1.55. The number of likely N-dealkylation sites (tertiary alicyclic amines) is 1. The molecule has 1 aromatic heterocycles. The molecule has 0 saturated carbocycles. The van der Waals surface area contributed by atoms with E-state index in [-0.39, 0.29) is 16.7 Å². The Bertz CT molecular complexity index is 1200. The first-order valence-electron chi connectivity index (χ1n) is 10.3. The van der Waals surface area contributed by atoms with Gasteiger partial charge in [0, 0.05) is 24.8 Å². The third-order valence-corrected chi connectivity index (χ3v) is 6.61. The third kappa shape index (κ3) is 4.69. The van der Waals surface area contributed by atoms with Crippen LogP contribution in [0.15, 0.2) is 48.7 Å². The topological polar surface area (TPSA) is 48.1 Å². The monoisotopic (exact) mass is 473 g/mol. The number of carbonyl (C=O) groups excluding carboxylic acids is 1. The fourth-order valence-electron chi connectivity index (χ4n) is 4.01. The SMILES string of the molecule is Cc1c(Nc2ccc(F)cc2Cl)c(C(=O)N2CCC(c3ccc(F)cc3)CC2)c[nH]c1=S. The van der Waals surface area contributed by atoms with Crippen molar-refractivity contribution in [2.24, 2.45) is 0 Å².